The van der Waals surface area contributed by atoms with Gasteiger partial charge in [0.05, 0.1) is 5.69 Å². The number of halogens is 1. The van der Waals surface area contributed by atoms with E-state index in [0.717, 1.165) is 16.6 Å². The van der Waals surface area contributed by atoms with Crippen LogP contribution in [0.4, 0.5) is 0 Å². The highest BCUT2D eigenvalue weighted by Gasteiger charge is 2.20. The zero-order valence-electron chi connectivity index (χ0n) is 11.0. The molecule has 1 heterocycles. The lowest BCUT2D eigenvalue weighted by molar-refractivity contribution is 0.402. The number of benzene rings is 2. The van der Waals surface area contributed by atoms with Crippen LogP contribution in [-0.4, -0.2) is 14.8 Å². The molecule has 0 bridgehead atoms. The van der Waals surface area contributed by atoms with Gasteiger partial charge in [-0.25, -0.2) is 0 Å². The zero-order chi connectivity index (χ0) is 14.6. The Morgan fingerprint density at radius 2 is 1.43 bits per heavy atom. The Balaban J connectivity index is 1.85. The van der Waals surface area contributed by atoms with Crippen molar-refractivity contribution in [3.63, 3.8) is 0 Å². The van der Waals surface area contributed by atoms with E-state index in [1.165, 1.54) is 39.0 Å². The minimum Gasteiger partial charge on any atom is -0.494 e. The highest BCUT2D eigenvalue weighted by molar-refractivity contribution is 9.10. The first-order chi connectivity index (χ1) is 10.1. The minimum absolute atomic E-state index is 0.0331. The highest BCUT2D eigenvalue weighted by Crippen LogP contribution is 2.39. The number of aromatic hydroxyl groups is 2. The molecule has 4 rings (SSSR count). The SMILES string of the molecule is Oc1ccc(O)n1-c1ccc2c(c1)Cc1cc(Br)ccc1-2. The molecular weight excluding hydrogens is 330 g/mol. The van der Waals surface area contributed by atoms with Crippen molar-refractivity contribution in [2.45, 2.75) is 6.42 Å². The van der Waals surface area contributed by atoms with Crippen LogP contribution in [-0.2, 0) is 6.42 Å². The third kappa shape index (κ3) is 1.87. The summed E-state index contributed by atoms with van der Waals surface area (Å²) >= 11 is 3.50. The normalized spacial score (nSPS) is 12.2. The van der Waals surface area contributed by atoms with Gasteiger partial charge in [0.1, 0.15) is 0 Å². The smallest absolute Gasteiger partial charge is 0.198 e. The topological polar surface area (TPSA) is 45.4 Å². The summed E-state index contributed by atoms with van der Waals surface area (Å²) in [6.45, 7) is 0. The molecule has 2 aromatic carbocycles. The van der Waals surface area contributed by atoms with Gasteiger partial charge >= 0.3 is 0 Å². The maximum absolute atomic E-state index is 9.84. The van der Waals surface area contributed by atoms with Gasteiger partial charge in [-0.3, -0.25) is 4.57 Å². The third-order valence-electron chi connectivity index (χ3n) is 3.93. The lowest BCUT2D eigenvalue weighted by Gasteiger charge is -2.09. The monoisotopic (exact) mass is 341 g/mol. The Labute approximate surface area is 130 Å². The van der Waals surface area contributed by atoms with E-state index in [9.17, 15) is 10.2 Å². The molecular formula is C17H12BrNO2. The van der Waals surface area contributed by atoms with Gasteiger partial charge < -0.3 is 10.2 Å². The second-order valence-electron chi connectivity index (χ2n) is 5.20. The van der Waals surface area contributed by atoms with E-state index in [1.54, 1.807) is 0 Å². The average Bonchev–Trinajstić information content (AvgIpc) is 2.97. The maximum atomic E-state index is 9.84. The Kier molecular flexibility index (Phi) is 2.62. The molecule has 3 nitrogen and oxygen atoms in total. The summed E-state index contributed by atoms with van der Waals surface area (Å²) in [5, 5.41) is 19.7. The summed E-state index contributed by atoms with van der Waals surface area (Å²) in [5.41, 5.74) is 5.72. The third-order valence-corrected chi connectivity index (χ3v) is 4.42. The van der Waals surface area contributed by atoms with E-state index >= 15 is 0 Å². The van der Waals surface area contributed by atoms with Gasteiger partial charge in [0.2, 0.25) is 0 Å². The molecule has 1 aliphatic rings. The van der Waals surface area contributed by atoms with Crippen LogP contribution in [0.2, 0.25) is 0 Å². The van der Waals surface area contributed by atoms with Crippen LogP contribution in [0.15, 0.2) is 53.0 Å². The molecule has 0 atom stereocenters. The van der Waals surface area contributed by atoms with Gasteiger partial charge in [-0.2, -0.15) is 0 Å². The summed E-state index contributed by atoms with van der Waals surface area (Å²) in [7, 11) is 0. The van der Waals surface area contributed by atoms with Crippen molar-refractivity contribution in [3.05, 3.63) is 64.1 Å². The summed E-state index contributed by atoms with van der Waals surface area (Å²) in [6.07, 6.45) is 0.862. The maximum Gasteiger partial charge on any atom is 0.198 e. The number of hydrogen-bond acceptors (Lipinski definition) is 2. The number of fused-ring (bicyclic) bond motifs is 3. The van der Waals surface area contributed by atoms with Crippen LogP contribution in [0.25, 0.3) is 16.8 Å². The fourth-order valence-corrected chi connectivity index (χ4v) is 3.39. The van der Waals surface area contributed by atoms with E-state index in [4.69, 9.17) is 0 Å². The predicted octanol–water partition coefficient (Wildman–Crippen LogP) is 4.22. The molecule has 0 fully saturated rings. The molecule has 0 amide bonds. The summed E-state index contributed by atoms with van der Waals surface area (Å²) in [4.78, 5) is 0. The zero-order valence-corrected chi connectivity index (χ0v) is 12.6. The van der Waals surface area contributed by atoms with Gasteiger partial charge in [-0.1, -0.05) is 28.1 Å². The molecule has 2 N–H and O–H groups in total. The number of hydrogen-bond donors (Lipinski definition) is 2. The fourth-order valence-electron chi connectivity index (χ4n) is 2.98. The molecule has 1 aromatic heterocycles. The molecule has 21 heavy (non-hydrogen) atoms. The van der Waals surface area contributed by atoms with E-state index in [2.05, 4.69) is 28.1 Å². The van der Waals surface area contributed by atoms with Crippen LogP contribution in [0.5, 0.6) is 11.8 Å². The molecule has 4 heteroatoms. The van der Waals surface area contributed by atoms with E-state index < -0.39 is 0 Å². The van der Waals surface area contributed by atoms with Crippen molar-refractivity contribution in [1.82, 2.24) is 4.57 Å². The summed E-state index contributed by atoms with van der Waals surface area (Å²) in [6, 6.07) is 15.2. The van der Waals surface area contributed by atoms with Crippen LogP contribution in [0.3, 0.4) is 0 Å². The molecule has 1 aliphatic carbocycles. The molecule has 104 valence electrons. The molecule has 0 aliphatic heterocycles. The largest absolute Gasteiger partial charge is 0.494 e. The Bertz CT molecular complexity index is 848. The minimum atomic E-state index is 0.0331. The predicted molar refractivity (Wildman–Crippen MR) is 85.0 cm³/mol. The highest BCUT2D eigenvalue weighted by atomic mass is 79.9. The number of aromatic nitrogens is 1. The molecule has 0 radical (unpaired) electrons. The number of rotatable bonds is 1. The van der Waals surface area contributed by atoms with Crippen molar-refractivity contribution in [2.24, 2.45) is 0 Å². The summed E-state index contributed by atoms with van der Waals surface area (Å²) in [5.74, 6) is 0.0661. The lowest BCUT2D eigenvalue weighted by atomic mass is 10.1. The van der Waals surface area contributed by atoms with Crippen molar-refractivity contribution < 1.29 is 10.2 Å². The molecule has 3 aromatic rings. The van der Waals surface area contributed by atoms with Gasteiger partial charge in [0.25, 0.3) is 0 Å². The van der Waals surface area contributed by atoms with Crippen LogP contribution in [0.1, 0.15) is 11.1 Å². The van der Waals surface area contributed by atoms with E-state index in [0.29, 0.717) is 0 Å². The molecule has 0 saturated heterocycles. The Morgan fingerprint density at radius 1 is 0.810 bits per heavy atom. The first-order valence-corrected chi connectivity index (χ1v) is 7.44. The van der Waals surface area contributed by atoms with Crippen LogP contribution < -0.4 is 0 Å². The van der Waals surface area contributed by atoms with Gasteiger partial charge in [0.15, 0.2) is 11.8 Å². The quantitative estimate of drug-likeness (QED) is 0.544. The van der Waals surface area contributed by atoms with Crippen molar-refractivity contribution in [3.8, 4) is 28.6 Å². The van der Waals surface area contributed by atoms with Gasteiger partial charge in [-0.15, -0.1) is 0 Å². The van der Waals surface area contributed by atoms with Crippen molar-refractivity contribution in [1.29, 1.82) is 0 Å². The Morgan fingerprint density at radius 3 is 2.14 bits per heavy atom. The lowest BCUT2D eigenvalue weighted by Crippen LogP contribution is -1.94. The molecule has 0 unspecified atom stereocenters. The number of nitrogens with zero attached hydrogens (tertiary/aromatic N) is 1. The average molecular weight is 342 g/mol. The van der Waals surface area contributed by atoms with Gasteiger partial charge in [-0.05, 0) is 52.9 Å². The second kappa shape index (κ2) is 4.40. The standard InChI is InChI=1S/C17H12BrNO2/c18-12-1-3-14-10(8-12)7-11-9-13(2-4-15(11)14)19-16(20)5-6-17(19)21/h1-6,8-9,20-21H,7H2. The van der Waals surface area contributed by atoms with E-state index in [1.807, 2.05) is 24.3 Å². The molecule has 0 spiro atoms. The molecule has 0 saturated carbocycles. The van der Waals surface area contributed by atoms with Gasteiger partial charge in [0, 0.05) is 16.6 Å². The van der Waals surface area contributed by atoms with Crippen LogP contribution in [0, 0.1) is 0 Å². The van der Waals surface area contributed by atoms with Crippen LogP contribution >= 0.6 is 15.9 Å². The fraction of sp³-hybridized carbons (Fsp3) is 0.0588. The van der Waals surface area contributed by atoms with E-state index in [-0.39, 0.29) is 11.8 Å². The first-order valence-electron chi connectivity index (χ1n) is 6.65. The van der Waals surface area contributed by atoms with Crippen molar-refractivity contribution in [2.75, 3.05) is 0 Å². The summed E-state index contributed by atoms with van der Waals surface area (Å²) < 4.78 is 2.51. The van der Waals surface area contributed by atoms with Crippen molar-refractivity contribution >= 4 is 15.9 Å². The Hall–Kier alpha value is -2.20. The first kappa shape index (κ1) is 12.5. The second-order valence-corrected chi connectivity index (χ2v) is 6.12.